The summed E-state index contributed by atoms with van der Waals surface area (Å²) in [4.78, 5) is 22.5. The van der Waals surface area contributed by atoms with E-state index in [9.17, 15) is 14.0 Å². The maximum atomic E-state index is 13.3. The molecule has 0 saturated carbocycles. The molecular formula is C11H11FO4. The van der Waals surface area contributed by atoms with Gasteiger partial charge in [0.2, 0.25) is 0 Å². The Balaban J connectivity index is 3.08. The summed E-state index contributed by atoms with van der Waals surface area (Å²) in [5, 5.41) is 0. The summed E-state index contributed by atoms with van der Waals surface area (Å²) in [6.07, 6.45) is 0. The summed E-state index contributed by atoms with van der Waals surface area (Å²) >= 11 is 0. The number of rotatable bonds is 3. The largest absolute Gasteiger partial charge is 0.465 e. The van der Waals surface area contributed by atoms with E-state index in [2.05, 4.69) is 9.47 Å². The maximum Gasteiger partial charge on any atom is 0.341 e. The van der Waals surface area contributed by atoms with Crippen LogP contribution >= 0.6 is 0 Å². The SMILES string of the molecule is CCOC(=O)c1cc(C(=O)OC)ccc1F. The van der Waals surface area contributed by atoms with Gasteiger partial charge in [-0.3, -0.25) is 0 Å². The Bertz CT molecular complexity index is 414. The molecule has 16 heavy (non-hydrogen) atoms. The number of halogens is 1. The van der Waals surface area contributed by atoms with Gasteiger partial charge >= 0.3 is 11.9 Å². The second-order valence-electron chi connectivity index (χ2n) is 2.91. The van der Waals surface area contributed by atoms with E-state index < -0.39 is 17.8 Å². The Labute approximate surface area is 92.0 Å². The third-order valence-corrected chi connectivity index (χ3v) is 1.88. The second-order valence-corrected chi connectivity index (χ2v) is 2.91. The molecule has 0 unspecified atom stereocenters. The summed E-state index contributed by atoms with van der Waals surface area (Å²) in [5.41, 5.74) is -0.170. The van der Waals surface area contributed by atoms with Crippen molar-refractivity contribution in [3.63, 3.8) is 0 Å². The predicted molar refractivity (Wildman–Crippen MR) is 53.7 cm³/mol. The van der Waals surface area contributed by atoms with E-state index in [1.165, 1.54) is 13.2 Å². The van der Waals surface area contributed by atoms with Gasteiger partial charge in [-0.1, -0.05) is 0 Å². The third-order valence-electron chi connectivity index (χ3n) is 1.88. The first kappa shape index (κ1) is 12.2. The molecule has 0 aliphatic rings. The van der Waals surface area contributed by atoms with Crippen LogP contribution in [0.3, 0.4) is 0 Å². The Morgan fingerprint density at radius 1 is 1.31 bits per heavy atom. The molecule has 86 valence electrons. The van der Waals surface area contributed by atoms with Crippen molar-refractivity contribution in [1.82, 2.24) is 0 Å². The second kappa shape index (κ2) is 5.25. The van der Waals surface area contributed by atoms with E-state index in [-0.39, 0.29) is 17.7 Å². The van der Waals surface area contributed by atoms with E-state index in [0.717, 1.165) is 12.1 Å². The number of hydrogen-bond donors (Lipinski definition) is 0. The number of methoxy groups -OCH3 is 1. The molecule has 0 fully saturated rings. The Morgan fingerprint density at radius 2 is 2.00 bits per heavy atom. The minimum atomic E-state index is -0.800. The van der Waals surface area contributed by atoms with Gasteiger partial charge in [0.1, 0.15) is 5.82 Å². The first-order valence-electron chi connectivity index (χ1n) is 4.65. The van der Waals surface area contributed by atoms with E-state index in [0.29, 0.717) is 0 Å². The van der Waals surface area contributed by atoms with Crippen molar-refractivity contribution in [2.75, 3.05) is 13.7 Å². The average molecular weight is 226 g/mol. The molecular weight excluding hydrogens is 215 g/mol. The molecule has 4 nitrogen and oxygen atoms in total. The van der Waals surface area contributed by atoms with Crippen molar-refractivity contribution in [3.05, 3.63) is 35.1 Å². The van der Waals surface area contributed by atoms with E-state index in [1.807, 2.05) is 0 Å². The van der Waals surface area contributed by atoms with Crippen LogP contribution in [0.15, 0.2) is 18.2 Å². The highest BCUT2D eigenvalue weighted by atomic mass is 19.1. The molecule has 0 amide bonds. The van der Waals surface area contributed by atoms with Gasteiger partial charge in [-0.2, -0.15) is 0 Å². The molecule has 0 atom stereocenters. The highest BCUT2D eigenvalue weighted by molar-refractivity contribution is 5.95. The monoisotopic (exact) mass is 226 g/mol. The van der Waals surface area contributed by atoms with Crippen molar-refractivity contribution in [2.45, 2.75) is 6.92 Å². The van der Waals surface area contributed by atoms with E-state index in [4.69, 9.17) is 0 Å². The number of hydrogen-bond acceptors (Lipinski definition) is 4. The minimum absolute atomic E-state index is 0.104. The van der Waals surface area contributed by atoms with Gasteiger partial charge in [0.05, 0.1) is 24.8 Å². The Hall–Kier alpha value is -1.91. The van der Waals surface area contributed by atoms with Crippen LogP contribution in [0.25, 0.3) is 0 Å². The van der Waals surface area contributed by atoms with Gasteiger partial charge in [-0.15, -0.1) is 0 Å². The lowest BCUT2D eigenvalue weighted by atomic mass is 10.1. The molecule has 0 heterocycles. The summed E-state index contributed by atoms with van der Waals surface area (Å²) < 4.78 is 22.4. The zero-order chi connectivity index (χ0) is 12.1. The Morgan fingerprint density at radius 3 is 2.56 bits per heavy atom. The van der Waals surface area contributed by atoms with Crippen LogP contribution in [0.1, 0.15) is 27.6 Å². The molecule has 0 spiro atoms. The van der Waals surface area contributed by atoms with E-state index >= 15 is 0 Å². The third kappa shape index (κ3) is 2.56. The first-order chi connectivity index (χ1) is 7.60. The van der Waals surface area contributed by atoms with Crippen LogP contribution in [0.5, 0.6) is 0 Å². The molecule has 0 saturated heterocycles. The molecule has 0 bridgehead atoms. The number of carbonyl (C=O) groups excluding carboxylic acids is 2. The zero-order valence-corrected chi connectivity index (χ0v) is 8.95. The highest BCUT2D eigenvalue weighted by Crippen LogP contribution is 2.12. The molecule has 1 rings (SSSR count). The molecule has 0 aliphatic carbocycles. The average Bonchev–Trinajstić information content (AvgIpc) is 2.29. The van der Waals surface area contributed by atoms with Crippen LogP contribution in [0.2, 0.25) is 0 Å². The van der Waals surface area contributed by atoms with Gasteiger partial charge < -0.3 is 9.47 Å². The van der Waals surface area contributed by atoms with Gasteiger partial charge in [-0.05, 0) is 25.1 Å². The van der Waals surface area contributed by atoms with Crippen LogP contribution in [-0.2, 0) is 9.47 Å². The predicted octanol–water partition coefficient (Wildman–Crippen LogP) is 1.79. The zero-order valence-electron chi connectivity index (χ0n) is 8.95. The molecule has 0 N–H and O–H groups in total. The summed E-state index contributed by atoms with van der Waals surface area (Å²) in [7, 11) is 1.20. The lowest BCUT2D eigenvalue weighted by molar-refractivity contribution is 0.0521. The normalized spacial score (nSPS) is 9.69. The van der Waals surface area contributed by atoms with Crippen LogP contribution < -0.4 is 0 Å². The lowest BCUT2D eigenvalue weighted by Gasteiger charge is -2.05. The van der Waals surface area contributed by atoms with Crippen molar-refractivity contribution in [2.24, 2.45) is 0 Å². The summed E-state index contributed by atoms with van der Waals surface area (Å²) in [6.45, 7) is 1.75. The van der Waals surface area contributed by atoms with Crippen molar-refractivity contribution in [3.8, 4) is 0 Å². The number of ether oxygens (including phenoxy) is 2. The van der Waals surface area contributed by atoms with Crippen LogP contribution in [0, 0.1) is 5.82 Å². The fourth-order valence-corrected chi connectivity index (χ4v) is 1.14. The number of benzene rings is 1. The van der Waals surface area contributed by atoms with Gasteiger partial charge in [0.15, 0.2) is 0 Å². The fraction of sp³-hybridized carbons (Fsp3) is 0.273. The smallest absolute Gasteiger partial charge is 0.341 e. The topological polar surface area (TPSA) is 52.6 Å². The fourth-order valence-electron chi connectivity index (χ4n) is 1.14. The highest BCUT2D eigenvalue weighted by Gasteiger charge is 2.16. The maximum absolute atomic E-state index is 13.3. The van der Waals surface area contributed by atoms with Crippen molar-refractivity contribution >= 4 is 11.9 Å². The summed E-state index contributed by atoms with van der Waals surface area (Å²) in [5.74, 6) is -2.16. The molecule has 0 aliphatic heterocycles. The Kier molecular flexibility index (Phi) is 3.99. The quantitative estimate of drug-likeness (QED) is 0.737. The van der Waals surface area contributed by atoms with Crippen LogP contribution in [-0.4, -0.2) is 25.7 Å². The van der Waals surface area contributed by atoms with E-state index in [1.54, 1.807) is 6.92 Å². The van der Waals surface area contributed by atoms with Gasteiger partial charge in [-0.25, -0.2) is 14.0 Å². The lowest BCUT2D eigenvalue weighted by Crippen LogP contribution is -2.10. The summed E-state index contributed by atoms with van der Waals surface area (Å²) in [6, 6.07) is 3.38. The number of carbonyl (C=O) groups is 2. The van der Waals surface area contributed by atoms with Gasteiger partial charge in [0, 0.05) is 0 Å². The molecule has 1 aromatic rings. The van der Waals surface area contributed by atoms with Crippen molar-refractivity contribution < 1.29 is 23.5 Å². The minimum Gasteiger partial charge on any atom is -0.465 e. The van der Waals surface area contributed by atoms with Gasteiger partial charge in [0.25, 0.3) is 0 Å². The molecule has 0 aromatic heterocycles. The molecule has 1 aromatic carbocycles. The first-order valence-corrected chi connectivity index (χ1v) is 4.65. The van der Waals surface area contributed by atoms with Crippen molar-refractivity contribution in [1.29, 1.82) is 0 Å². The standard InChI is InChI=1S/C11H11FO4/c1-3-16-11(14)8-6-7(10(13)15-2)4-5-9(8)12/h4-6H,3H2,1-2H3. The number of esters is 2. The molecule has 0 radical (unpaired) electrons. The molecule has 5 heteroatoms. The van der Waals surface area contributed by atoms with Crippen LogP contribution in [0.4, 0.5) is 4.39 Å².